The molecule has 0 amide bonds. The molecule has 2 unspecified atom stereocenters. The van der Waals surface area contributed by atoms with Gasteiger partial charge in [0.05, 0.1) is 12.7 Å². The first-order valence-electron chi connectivity index (χ1n) is 6.99. The molecule has 2 heterocycles. The highest BCUT2D eigenvalue weighted by atomic mass is 32.2. The van der Waals surface area contributed by atoms with Crippen LogP contribution in [0.3, 0.4) is 0 Å². The van der Waals surface area contributed by atoms with Gasteiger partial charge in [-0.05, 0) is 41.3 Å². The summed E-state index contributed by atoms with van der Waals surface area (Å²) in [6.45, 7) is 0.762. The maximum Gasteiger partial charge on any atom is 0.122 e. The van der Waals surface area contributed by atoms with E-state index in [1.54, 1.807) is 11.8 Å². The van der Waals surface area contributed by atoms with Crippen molar-refractivity contribution in [1.29, 1.82) is 0 Å². The van der Waals surface area contributed by atoms with Gasteiger partial charge in [0.1, 0.15) is 5.75 Å². The summed E-state index contributed by atoms with van der Waals surface area (Å²) in [6, 6.07) is 14.5. The van der Waals surface area contributed by atoms with Gasteiger partial charge in [-0.2, -0.15) is 0 Å². The minimum Gasteiger partial charge on any atom is -0.493 e. The molecule has 102 valence electrons. The van der Waals surface area contributed by atoms with Crippen LogP contribution in [0.1, 0.15) is 22.8 Å². The van der Waals surface area contributed by atoms with Crippen molar-refractivity contribution in [2.75, 3.05) is 6.61 Å². The first kappa shape index (κ1) is 12.3. The van der Waals surface area contributed by atoms with Crippen LogP contribution in [-0.4, -0.2) is 17.0 Å². The Labute approximate surface area is 122 Å². The average Bonchev–Trinajstić information content (AvgIpc) is 3.11. The van der Waals surface area contributed by atoms with Gasteiger partial charge in [0.2, 0.25) is 0 Å². The summed E-state index contributed by atoms with van der Waals surface area (Å²) in [5.74, 6) is 0.975. The van der Waals surface area contributed by atoms with Gasteiger partial charge in [-0.3, -0.25) is 0 Å². The van der Waals surface area contributed by atoms with Crippen LogP contribution in [0, 0.1) is 0 Å². The number of thioether (sulfide) groups is 1. The Morgan fingerprint density at radius 1 is 1.15 bits per heavy atom. The molecule has 2 aliphatic heterocycles. The van der Waals surface area contributed by atoms with E-state index in [4.69, 9.17) is 4.74 Å². The van der Waals surface area contributed by atoms with Gasteiger partial charge in [0.25, 0.3) is 0 Å². The smallest absolute Gasteiger partial charge is 0.122 e. The highest BCUT2D eigenvalue weighted by Gasteiger charge is 2.29. The first-order chi connectivity index (χ1) is 9.81. The molecule has 0 aromatic heterocycles. The van der Waals surface area contributed by atoms with E-state index in [0.717, 1.165) is 30.8 Å². The van der Waals surface area contributed by atoms with E-state index in [0.29, 0.717) is 0 Å². The van der Waals surface area contributed by atoms with E-state index in [2.05, 4.69) is 30.3 Å². The van der Waals surface area contributed by atoms with Crippen LogP contribution in [0.4, 0.5) is 0 Å². The van der Waals surface area contributed by atoms with Crippen molar-refractivity contribution in [3.05, 3.63) is 59.2 Å². The molecule has 0 saturated heterocycles. The van der Waals surface area contributed by atoms with Gasteiger partial charge in [-0.25, -0.2) is 0 Å². The fourth-order valence-electron chi connectivity index (χ4n) is 2.99. The lowest BCUT2D eigenvalue weighted by Crippen LogP contribution is -2.14. The molecule has 2 aliphatic rings. The molecule has 2 aromatic carbocycles. The third kappa shape index (κ3) is 2.02. The molecule has 0 radical (unpaired) electrons. The first-order valence-corrected chi connectivity index (χ1v) is 7.87. The molecule has 4 rings (SSSR count). The van der Waals surface area contributed by atoms with E-state index >= 15 is 0 Å². The molecule has 2 aromatic rings. The van der Waals surface area contributed by atoms with Crippen molar-refractivity contribution >= 4 is 11.8 Å². The Morgan fingerprint density at radius 2 is 2.05 bits per heavy atom. The third-order valence-corrected chi connectivity index (χ3v) is 5.46. The Hall–Kier alpha value is -1.45. The van der Waals surface area contributed by atoms with E-state index in [9.17, 15) is 5.11 Å². The van der Waals surface area contributed by atoms with E-state index in [1.165, 1.54) is 16.0 Å². The molecule has 3 heteroatoms. The zero-order chi connectivity index (χ0) is 13.5. The Bertz CT molecular complexity index is 628. The summed E-state index contributed by atoms with van der Waals surface area (Å²) >= 11 is 1.79. The van der Waals surface area contributed by atoms with Crippen LogP contribution in [0.5, 0.6) is 5.75 Å². The number of ether oxygens (including phenoxy) is 1. The molecule has 0 fully saturated rings. The number of benzene rings is 2. The van der Waals surface area contributed by atoms with Crippen LogP contribution in [0.15, 0.2) is 47.4 Å². The minimum absolute atomic E-state index is 0.216. The number of hydrogen-bond donors (Lipinski definition) is 1. The molecule has 2 nitrogen and oxygen atoms in total. The summed E-state index contributed by atoms with van der Waals surface area (Å²) in [4.78, 5) is 1.31. The quantitative estimate of drug-likeness (QED) is 0.917. The van der Waals surface area contributed by atoms with Crippen LogP contribution in [0.25, 0.3) is 0 Å². The van der Waals surface area contributed by atoms with Crippen molar-refractivity contribution in [3.63, 3.8) is 0 Å². The molecule has 2 atom stereocenters. The van der Waals surface area contributed by atoms with Gasteiger partial charge in [-0.15, -0.1) is 11.8 Å². The van der Waals surface area contributed by atoms with Crippen molar-refractivity contribution < 1.29 is 9.84 Å². The minimum atomic E-state index is -0.418. The van der Waals surface area contributed by atoms with Crippen molar-refractivity contribution in [2.24, 2.45) is 0 Å². The fourth-order valence-corrected chi connectivity index (χ4v) is 4.33. The number of aliphatic hydroxyl groups is 1. The lowest BCUT2D eigenvalue weighted by Gasteiger charge is -2.18. The second kappa shape index (κ2) is 4.83. The van der Waals surface area contributed by atoms with Crippen LogP contribution >= 0.6 is 11.8 Å². The predicted octanol–water partition coefficient (Wildman–Crippen LogP) is 3.37. The average molecular weight is 284 g/mol. The van der Waals surface area contributed by atoms with Gasteiger partial charge < -0.3 is 9.84 Å². The molecule has 0 aliphatic carbocycles. The van der Waals surface area contributed by atoms with Crippen LogP contribution < -0.4 is 4.74 Å². The normalized spacial score (nSPS) is 21.1. The highest BCUT2D eigenvalue weighted by molar-refractivity contribution is 8.00. The van der Waals surface area contributed by atoms with Crippen LogP contribution in [0.2, 0.25) is 0 Å². The molecular weight excluding hydrogens is 268 g/mol. The number of rotatable bonds is 2. The van der Waals surface area contributed by atoms with E-state index in [1.807, 2.05) is 12.1 Å². The number of aliphatic hydroxyl groups excluding tert-OH is 1. The number of hydrogen-bond acceptors (Lipinski definition) is 3. The van der Waals surface area contributed by atoms with Crippen molar-refractivity contribution in [1.82, 2.24) is 0 Å². The molecule has 0 saturated carbocycles. The predicted molar refractivity (Wildman–Crippen MR) is 80.4 cm³/mol. The maximum atomic E-state index is 10.7. The molecule has 20 heavy (non-hydrogen) atoms. The summed E-state index contributed by atoms with van der Waals surface area (Å²) in [6.07, 6.45) is 1.47. The SMILES string of the molecule is OC(c1ccc2c(c1)CCO2)C1Cc2ccccc2S1. The summed E-state index contributed by atoms with van der Waals surface area (Å²) < 4.78 is 5.52. The Morgan fingerprint density at radius 3 is 2.95 bits per heavy atom. The van der Waals surface area contributed by atoms with Crippen molar-refractivity contribution in [3.8, 4) is 5.75 Å². The monoisotopic (exact) mass is 284 g/mol. The molecule has 0 bridgehead atoms. The molecule has 1 N–H and O–H groups in total. The van der Waals surface area contributed by atoms with Gasteiger partial charge in [0.15, 0.2) is 0 Å². The topological polar surface area (TPSA) is 29.5 Å². The Balaban J connectivity index is 1.58. The maximum absolute atomic E-state index is 10.7. The third-order valence-electron chi connectivity index (χ3n) is 4.08. The van der Waals surface area contributed by atoms with Crippen molar-refractivity contribution in [2.45, 2.75) is 29.1 Å². The summed E-state index contributed by atoms with van der Waals surface area (Å²) in [5.41, 5.74) is 3.59. The lowest BCUT2D eigenvalue weighted by molar-refractivity contribution is 0.175. The standard InChI is InChI=1S/C17H16O2S/c18-17(13-5-6-14-11(9-13)7-8-19-14)16-10-12-3-1-2-4-15(12)20-16/h1-6,9,16-18H,7-8,10H2. The fraction of sp³-hybridized carbons (Fsp3) is 0.294. The second-order valence-electron chi connectivity index (χ2n) is 5.38. The van der Waals surface area contributed by atoms with Gasteiger partial charge in [0, 0.05) is 16.6 Å². The van der Waals surface area contributed by atoms with Gasteiger partial charge in [-0.1, -0.05) is 24.3 Å². The number of fused-ring (bicyclic) bond motifs is 2. The molecular formula is C17H16O2S. The Kier molecular flexibility index (Phi) is 2.97. The summed E-state index contributed by atoms with van der Waals surface area (Å²) in [5, 5.41) is 10.9. The second-order valence-corrected chi connectivity index (χ2v) is 6.66. The van der Waals surface area contributed by atoms with Crippen LogP contribution in [-0.2, 0) is 12.8 Å². The van der Waals surface area contributed by atoms with E-state index in [-0.39, 0.29) is 5.25 Å². The largest absolute Gasteiger partial charge is 0.493 e. The lowest BCUT2D eigenvalue weighted by atomic mass is 9.99. The summed E-state index contributed by atoms with van der Waals surface area (Å²) in [7, 11) is 0. The van der Waals surface area contributed by atoms with E-state index < -0.39 is 6.10 Å². The highest BCUT2D eigenvalue weighted by Crippen LogP contribution is 2.43. The molecule has 0 spiro atoms. The zero-order valence-electron chi connectivity index (χ0n) is 11.1. The van der Waals surface area contributed by atoms with Gasteiger partial charge >= 0.3 is 0 Å². The zero-order valence-corrected chi connectivity index (χ0v) is 11.9.